The molecule has 0 aromatic heterocycles. The Kier molecular flexibility index (Phi) is 3.55. The molecule has 2 aliphatic heterocycles. The molecule has 140 valence electrons. The van der Waals surface area contributed by atoms with Crippen molar-refractivity contribution in [3.05, 3.63) is 71.8 Å². The fourth-order valence-corrected chi connectivity index (χ4v) is 3.76. The molecule has 0 saturated carbocycles. The Morgan fingerprint density at radius 1 is 0.964 bits per heavy atom. The highest BCUT2D eigenvalue weighted by atomic mass is 16.7. The Balaban J connectivity index is 1.45. The lowest BCUT2D eigenvalue weighted by Gasteiger charge is -2.23. The van der Waals surface area contributed by atoms with Crippen LogP contribution in [0.25, 0.3) is 10.8 Å². The van der Waals surface area contributed by atoms with Crippen LogP contribution in [-0.4, -0.2) is 23.6 Å². The Labute approximate surface area is 161 Å². The molecule has 28 heavy (non-hydrogen) atoms. The third-order valence-electron chi connectivity index (χ3n) is 5.38. The maximum absolute atomic E-state index is 13.2. The lowest BCUT2D eigenvalue weighted by Crippen LogP contribution is -2.40. The molecule has 3 amide bonds. The molecule has 0 bridgehead atoms. The summed E-state index contributed by atoms with van der Waals surface area (Å²) in [4.78, 5) is 27.1. The minimum absolute atomic E-state index is 0.171. The number of fused-ring (bicyclic) bond motifs is 2. The lowest BCUT2D eigenvalue weighted by atomic mass is 9.90. The molecule has 0 spiro atoms. The van der Waals surface area contributed by atoms with Gasteiger partial charge in [0.2, 0.25) is 6.79 Å². The minimum Gasteiger partial charge on any atom is -0.454 e. The van der Waals surface area contributed by atoms with E-state index in [1.807, 2.05) is 48.5 Å². The minimum atomic E-state index is -1.10. The average Bonchev–Trinajstić information content (AvgIpc) is 3.26. The van der Waals surface area contributed by atoms with E-state index in [2.05, 4.69) is 5.32 Å². The molecule has 1 N–H and O–H groups in total. The second-order valence-electron chi connectivity index (χ2n) is 7.20. The predicted molar refractivity (Wildman–Crippen MR) is 103 cm³/mol. The highest BCUT2D eigenvalue weighted by Crippen LogP contribution is 2.35. The maximum Gasteiger partial charge on any atom is 0.325 e. The van der Waals surface area contributed by atoms with Crippen molar-refractivity contribution < 1.29 is 19.1 Å². The number of nitrogens with one attached hydrogen (secondary N) is 1. The number of hydrogen-bond acceptors (Lipinski definition) is 4. The van der Waals surface area contributed by atoms with E-state index in [-0.39, 0.29) is 19.2 Å². The van der Waals surface area contributed by atoms with Crippen molar-refractivity contribution in [2.24, 2.45) is 0 Å². The summed E-state index contributed by atoms with van der Waals surface area (Å²) in [5.74, 6) is 1.02. The van der Waals surface area contributed by atoms with Gasteiger partial charge in [0.1, 0.15) is 5.54 Å². The summed E-state index contributed by atoms with van der Waals surface area (Å²) >= 11 is 0. The van der Waals surface area contributed by atoms with E-state index in [0.717, 1.165) is 21.9 Å². The van der Waals surface area contributed by atoms with Gasteiger partial charge in [-0.2, -0.15) is 0 Å². The van der Waals surface area contributed by atoms with E-state index in [9.17, 15) is 9.59 Å². The monoisotopic (exact) mass is 374 g/mol. The Morgan fingerprint density at radius 2 is 1.75 bits per heavy atom. The van der Waals surface area contributed by atoms with Crippen molar-refractivity contribution in [2.45, 2.75) is 19.0 Å². The van der Waals surface area contributed by atoms with Gasteiger partial charge in [0.25, 0.3) is 5.91 Å². The summed E-state index contributed by atoms with van der Waals surface area (Å²) < 4.78 is 10.7. The van der Waals surface area contributed by atoms with Gasteiger partial charge in [-0.1, -0.05) is 42.5 Å². The van der Waals surface area contributed by atoms with Crippen LogP contribution in [0.5, 0.6) is 11.5 Å². The molecule has 5 rings (SSSR count). The van der Waals surface area contributed by atoms with Crippen LogP contribution in [0.3, 0.4) is 0 Å². The number of nitrogens with zero attached hydrogens (tertiary/aromatic N) is 1. The summed E-state index contributed by atoms with van der Waals surface area (Å²) in [6.45, 7) is 2.10. The summed E-state index contributed by atoms with van der Waals surface area (Å²) in [5, 5.41) is 4.98. The third-order valence-corrected chi connectivity index (χ3v) is 5.38. The number of carbonyl (C=O) groups excluding carboxylic acids is 2. The van der Waals surface area contributed by atoms with E-state index in [1.54, 1.807) is 19.1 Å². The highest BCUT2D eigenvalue weighted by molar-refractivity contribution is 6.07. The van der Waals surface area contributed by atoms with Crippen LogP contribution in [0, 0.1) is 0 Å². The molecular formula is C22H18N2O4. The third kappa shape index (κ3) is 2.49. The number of benzene rings is 3. The van der Waals surface area contributed by atoms with Crippen molar-refractivity contribution >= 4 is 22.7 Å². The Hall–Kier alpha value is -3.54. The zero-order valence-electron chi connectivity index (χ0n) is 15.3. The van der Waals surface area contributed by atoms with Crippen LogP contribution < -0.4 is 14.8 Å². The molecule has 1 atom stereocenters. The first-order valence-electron chi connectivity index (χ1n) is 9.06. The van der Waals surface area contributed by atoms with E-state index in [4.69, 9.17) is 9.47 Å². The number of imide groups is 1. The van der Waals surface area contributed by atoms with Gasteiger partial charge < -0.3 is 14.8 Å². The van der Waals surface area contributed by atoms with Crippen LogP contribution in [0.4, 0.5) is 4.79 Å². The van der Waals surface area contributed by atoms with E-state index < -0.39 is 11.6 Å². The van der Waals surface area contributed by atoms with Gasteiger partial charge in [-0.25, -0.2) is 4.79 Å². The lowest BCUT2D eigenvalue weighted by molar-refractivity contribution is -0.131. The molecule has 2 aliphatic rings. The molecular weight excluding hydrogens is 356 g/mol. The van der Waals surface area contributed by atoms with Crippen LogP contribution in [0.15, 0.2) is 60.7 Å². The van der Waals surface area contributed by atoms with Gasteiger partial charge in [-0.05, 0) is 47.0 Å². The number of urea groups is 1. The van der Waals surface area contributed by atoms with Gasteiger partial charge in [0.15, 0.2) is 11.5 Å². The number of ether oxygens (including phenoxy) is 2. The average molecular weight is 374 g/mol. The quantitative estimate of drug-likeness (QED) is 0.712. The first-order chi connectivity index (χ1) is 13.5. The molecule has 6 nitrogen and oxygen atoms in total. The molecule has 6 heteroatoms. The zero-order chi connectivity index (χ0) is 19.3. The molecule has 3 aromatic carbocycles. The number of rotatable bonds is 3. The first kappa shape index (κ1) is 16.6. The van der Waals surface area contributed by atoms with E-state index in [1.165, 1.54) is 4.90 Å². The maximum atomic E-state index is 13.2. The molecule has 1 saturated heterocycles. The van der Waals surface area contributed by atoms with Gasteiger partial charge in [0.05, 0.1) is 6.54 Å². The van der Waals surface area contributed by atoms with E-state index in [0.29, 0.717) is 11.5 Å². The van der Waals surface area contributed by atoms with Crippen molar-refractivity contribution in [1.29, 1.82) is 0 Å². The van der Waals surface area contributed by atoms with Crippen molar-refractivity contribution in [3.63, 3.8) is 0 Å². The fourth-order valence-electron chi connectivity index (χ4n) is 3.76. The topological polar surface area (TPSA) is 67.9 Å². The molecule has 0 unspecified atom stereocenters. The second kappa shape index (κ2) is 5.99. The van der Waals surface area contributed by atoms with Gasteiger partial charge in [-0.15, -0.1) is 0 Å². The number of amides is 3. The van der Waals surface area contributed by atoms with Crippen molar-refractivity contribution in [2.75, 3.05) is 6.79 Å². The van der Waals surface area contributed by atoms with Crippen LogP contribution in [0.2, 0.25) is 0 Å². The SMILES string of the molecule is C[C@]1(c2ccc3ccccc3c2)NC(=O)N(Cc2ccc3c(c2)OCO3)C1=O. The molecule has 2 heterocycles. The molecule has 0 radical (unpaired) electrons. The molecule has 1 fully saturated rings. The van der Waals surface area contributed by atoms with E-state index >= 15 is 0 Å². The predicted octanol–water partition coefficient (Wildman–Crippen LogP) is 3.54. The Bertz CT molecular complexity index is 1130. The summed E-state index contributed by atoms with van der Waals surface area (Å²) in [5.41, 5.74) is 0.463. The summed E-state index contributed by atoms with van der Waals surface area (Å²) in [6.07, 6.45) is 0. The van der Waals surface area contributed by atoms with Crippen molar-refractivity contribution in [3.8, 4) is 11.5 Å². The first-order valence-corrected chi connectivity index (χ1v) is 9.06. The van der Waals surface area contributed by atoms with Crippen molar-refractivity contribution in [1.82, 2.24) is 10.2 Å². The normalized spacial score (nSPS) is 20.7. The Morgan fingerprint density at radius 3 is 2.61 bits per heavy atom. The van der Waals surface area contributed by atoms with Gasteiger partial charge >= 0.3 is 6.03 Å². The largest absolute Gasteiger partial charge is 0.454 e. The smallest absolute Gasteiger partial charge is 0.325 e. The number of carbonyl (C=O) groups is 2. The molecule has 3 aromatic rings. The van der Waals surface area contributed by atoms with Crippen LogP contribution in [0.1, 0.15) is 18.1 Å². The summed E-state index contributed by atoms with van der Waals surface area (Å²) in [6, 6.07) is 18.8. The van der Waals surface area contributed by atoms with Crippen LogP contribution >= 0.6 is 0 Å². The standard InChI is InChI=1S/C22H18N2O4/c1-22(17-8-7-15-4-2-3-5-16(15)11-17)20(25)24(21(26)23-22)12-14-6-9-18-19(10-14)28-13-27-18/h2-11H,12-13H2,1H3,(H,23,26)/t22-/m1/s1. The van der Waals surface area contributed by atoms with Gasteiger partial charge in [-0.3, -0.25) is 9.69 Å². The van der Waals surface area contributed by atoms with Crippen LogP contribution in [-0.2, 0) is 16.9 Å². The van der Waals surface area contributed by atoms with Gasteiger partial charge in [0, 0.05) is 0 Å². The molecule has 0 aliphatic carbocycles. The fraction of sp³-hybridized carbons (Fsp3) is 0.182. The summed E-state index contributed by atoms with van der Waals surface area (Å²) in [7, 11) is 0. The number of hydrogen-bond donors (Lipinski definition) is 1. The second-order valence-corrected chi connectivity index (χ2v) is 7.20. The highest BCUT2D eigenvalue weighted by Gasteiger charge is 2.49. The zero-order valence-corrected chi connectivity index (χ0v) is 15.3.